The van der Waals surface area contributed by atoms with Gasteiger partial charge in [-0.05, 0) is 58.4 Å². The summed E-state index contributed by atoms with van der Waals surface area (Å²) in [6.45, 7) is 19.9. The van der Waals surface area contributed by atoms with Crippen LogP contribution in [-0.2, 0) is 0 Å². The molecule has 0 bridgehead atoms. The van der Waals surface area contributed by atoms with E-state index < -0.39 is 0 Å². The SMILES string of the molecule is CC1CCN(CC(C)(C)CNC(C)(C)C)C(C)C1. The van der Waals surface area contributed by atoms with Crippen molar-refractivity contribution < 1.29 is 0 Å². The number of hydrogen-bond donors (Lipinski definition) is 1. The van der Waals surface area contributed by atoms with Crippen LogP contribution in [0.1, 0.15) is 61.3 Å². The predicted molar refractivity (Wildman–Crippen MR) is 81.0 cm³/mol. The molecule has 1 rings (SSSR count). The fraction of sp³-hybridized carbons (Fsp3) is 1.00. The van der Waals surface area contributed by atoms with Gasteiger partial charge < -0.3 is 10.2 Å². The van der Waals surface area contributed by atoms with E-state index in [1.54, 1.807) is 0 Å². The van der Waals surface area contributed by atoms with Crippen molar-refractivity contribution in [2.45, 2.75) is 72.9 Å². The number of nitrogens with zero attached hydrogens (tertiary/aromatic N) is 1. The Morgan fingerprint density at radius 2 is 1.72 bits per heavy atom. The summed E-state index contributed by atoms with van der Waals surface area (Å²) in [5.74, 6) is 0.909. The van der Waals surface area contributed by atoms with Crippen LogP contribution in [0.15, 0.2) is 0 Å². The zero-order valence-corrected chi connectivity index (χ0v) is 13.6. The van der Waals surface area contributed by atoms with E-state index in [0.717, 1.165) is 18.5 Å². The van der Waals surface area contributed by atoms with Gasteiger partial charge in [-0.3, -0.25) is 0 Å². The van der Waals surface area contributed by atoms with Gasteiger partial charge in [-0.1, -0.05) is 20.8 Å². The van der Waals surface area contributed by atoms with Gasteiger partial charge in [0.25, 0.3) is 0 Å². The van der Waals surface area contributed by atoms with Gasteiger partial charge in [0, 0.05) is 24.7 Å². The molecule has 0 aromatic carbocycles. The molecular formula is C16H34N2. The molecule has 0 saturated carbocycles. The molecule has 1 heterocycles. The number of rotatable bonds is 4. The Morgan fingerprint density at radius 1 is 1.11 bits per heavy atom. The summed E-state index contributed by atoms with van der Waals surface area (Å²) in [5.41, 5.74) is 0.571. The maximum Gasteiger partial charge on any atom is 0.00967 e. The second kappa shape index (κ2) is 5.92. The second-order valence-corrected chi connectivity index (χ2v) is 8.22. The van der Waals surface area contributed by atoms with Crippen LogP contribution in [0.25, 0.3) is 0 Å². The first-order valence-electron chi connectivity index (χ1n) is 7.58. The summed E-state index contributed by atoms with van der Waals surface area (Å²) >= 11 is 0. The van der Waals surface area contributed by atoms with Crippen molar-refractivity contribution in [2.75, 3.05) is 19.6 Å². The molecule has 1 N–H and O–H groups in total. The lowest BCUT2D eigenvalue weighted by Crippen LogP contribution is -2.50. The Labute approximate surface area is 115 Å². The zero-order chi connectivity index (χ0) is 14.0. The lowest BCUT2D eigenvalue weighted by Gasteiger charge is -2.42. The van der Waals surface area contributed by atoms with E-state index in [4.69, 9.17) is 0 Å². The molecule has 2 heteroatoms. The van der Waals surface area contributed by atoms with E-state index >= 15 is 0 Å². The van der Waals surface area contributed by atoms with E-state index in [1.807, 2.05) is 0 Å². The molecule has 1 fully saturated rings. The van der Waals surface area contributed by atoms with Gasteiger partial charge in [0.2, 0.25) is 0 Å². The molecule has 2 atom stereocenters. The van der Waals surface area contributed by atoms with Crippen molar-refractivity contribution in [3.8, 4) is 0 Å². The molecular weight excluding hydrogens is 220 g/mol. The van der Waals surface area contributed by atoms with E-state index in [0.29, 0.717) is 5.41 Å². The summed E-state index contributed by atoms with van der Waals surface area (Å²) in [4.78, 5) is 2.68. The topological polar surface area (TPSA) is 15.3 Å². The lowest BCUT2D eigenvalue weighted by molar-refractivity contribution is 0.0812. The average molecular weight is 254 g/mol. The molecule has 2 nitrogen and oxygen atoms in total. The lowest BCUT2D eigenvalue weighted by atomic mass is 9.87. The highest BCUT2D eigenvalue weighted by Gasteiger charge is 2.29. The molecule has 0 radical (unpaired) electrons. The van der Waals surface area contributed by atoms with Crippen molar-refractivity contribution in [1.82, 2.24) is 10.2 Å². The van der Waals surface area contributed by atoms with Crippen LogP contribution in [0.3, 0.4) is 0 Å². The third-order valence-corrected chi connectivity index (χ3v) is 4.00. The van der Waals surface area contributed by atoms with Gasteiger partial charge in [-0.2, -0.15) is 0 Å². The highest BCUT2D eigenvalue weighted by atomic mass is 15.2. The highest BCUT2D eigenvalue weighted by molar-refractivity contribution is 4.85. The number of piperidine rings is 1. The molecule has 0 aromatic heterocycles. The van der Waals surface area contributed by atoms with Gasteiger partial charge in [0.05, 0.1) is 0 Å². The normalized spacial score (nSPS) is 27.5. The molecule has 2 unspecified atom stereocenters. The van der Waals surface area contributed by atoms with Gasteiger partial charge >= 0.3 is 0 Å². The predicted octanol–water partition coefficient (Wildman–Crippen LogP) is 3.52. The first-order chi connectivity index (χ1) is 8.09. The molecule has 0 aromatic rings. The van der Waals surface area contributed by atoms with Crippen molar-refractivity contribution in [3.05, 3.63) is 0 Å². The van der Waals surface area contributed by atoms with Crippen LogP contribution in [0.5, 0.6) is 0 Å². The Kier molecular flexibility index (Phi) is 5.25. The first-order valence-corrected chi connectivity index (χ1v) is 7.58. The van der Waals surface area contributed by atoms with Crippen LogP contribution >= 0.6 is 0 Å². The minimum absolute atomic E-state index is 0.222. The van der Waals surface area contributed by atoms with Crippen molar-refractivity contribution in [1.29, 1.82) is 0 Å². The van der Waals surface area contributed by atoms with Gasteiger partial charge in [-0.15, -0.1) is 0 Å². The smallest absolute Gasteiger partial charge is 0.00967 e. The summed E-state index contributed by atoms with van der Waals surface area (Å²) in [6.07, 6.45) is 2.73. The van der Waals surface area contributed by atoms with Crippen LogP contribution in [-0.4, -0.2) is 36.1 Å². The minimum atomic E-state index is 0.222. The van der Waals surface area contributed by atoms with Crippen molar-refractivity contribution >= 4 is 0 Å². The minimum Gasteiger partial charge on any atom is -0.311 e. The average Bonchev–Trinajstić information content (AvgIpc) is 2.19. The quantitative estimate of drug-likeness (QED) is 0.826. The maximum atomic E-state index is 3.65. The summed E-state index contributed by atoms with van der Waals surface area (Å²) < 4.78 is 0. The van der Waals surface area contributed by atoms with Gasteiger partial charge in [-0.25, -0.2) is 0 Å². The largest absolute Gasteiger partial charge is 0.311 e. The monoisotopic (exact) mass is 254 g/mol. The number of likely N-dealkylation sites (tertiary alicyclic amines) is 1. The van der Waals surface area contributed by atoms with Crippen LogP contribution < -0.4 is 5.32 Å². The van der Waals surface area contributed by atoms with Crippen LogP contribution in [0.2, 0.25) is 0 Å². The highest BCUT2D eigenvalue weighted by Crippen LogP contribution is 2.26. The molecule has 18 heavy (non-hydrogen) atoms. The van der Waals surface area contributed by atoms with Gasteiger partial charge in [0.15, 0.2) is 0 Å². The third-order valence-electron chi connectivity index (χ3n) is 4.00. The van der Waals surface area contributed by atoms with E-state index in [-0.39, 0.29) is 5.54 Å². The fourth-order valence-corrected chi connectivity index (χ4v) is 2.80. The van der Waals surface area contributed by atoms with E-state index in [9.17, 15) is 0 Å². The molecule has 0 aliphatic carbocycles. The summed E-state index contributed by atoms with van der Waals surface area (Å²) in [6, 6.07) is 0.752. The molecule has 108 valence electrons. The first kappa shape index (κ1) is 16.0. The molecule has 0 spiro atoms. The molecule has 1 aliphatic rings. The number of hydrogen-bond acceptors (Lipinski definition) is 2. The van der Waals surface area contributed by atoms with E-state index in [1.165, 1.54) is 25.9 Å². The van der Waals surface area contributed by atoms with Crippen molar-refractivity contribution in [3.63, 3.8) is 0 Å². The molecule has 0 amide bonds. The Morgan fingerprint density at radius 3 is 2.22 bits per heavy atom. The summed E-state index contributed by atoms with van der Waals surface area (Å²) in [7, 11) is 0. The van der Waals surface area contributed by atoms with Crippen LogP contribution in [0, 0.1) is 11.3 Å². The molecule has 1 aliphatic heterocycles. The fourth-order valence-electron chi connectivity index (χ4n) is 2.80. The number of nitrogens with one attached hydrogen (secondary N) is 1. The van der Waals surface area contributed by atoms with E-state index in [2.05, 4.69) is 58.7 Å². The Hall–Kier alpha value is -0.0800. The van der Waals surface area contributed by atoms with Crippen LogP contribution in [0.4, 0.5) is 0 Å². The Balaban J connectivity index is 2.44. The summed E-state index contributed by atoms with van der Waals surface area (Å²) in [5, 5.41) is 3.65. The van der Waals surface area contributed by atoms with Gasteiger partial charge in [0.1, 0.15) is 0 Å². The Bertz CT molecular complexity index is 252. The zero-order valence-electron chi connectivity index (χ0n) is 13.6. The maximum absolute atomic E-state index is 3.65. The van der Waals surface area contributed by atoms with Crippen molar-refractivity contribution in [2.24, 2.45) is 11.3 Å². The third kappa shape index (κ3) is 5.71. The second-order valence-electron chi connectivity index (χ2n) is 8.22. The molecule has 1 saturated heterocycles. The standard InChI is InChI=1S/C16H34N2/c1-13-8-9-18(14(2)10-13)12-16(6,7)11-17-15(3,4)5/h13-14,17H,8-12H2,1-7H3.